The number of aliphatic imine (C=N–C) groups is 1. The fourth-order valence-electron chi connectivity index (χ4n) is 5.78. The first-order valence-corrected chi connectivity index (χ1v) is 12.3. The van der Waals surface area contributed by atoms with E-state index in [2.05, 4.69) is 77.1 Å². The van der Waals surface area contributed by atoms with Crippen LogP contribution >= 0.6 is 0 Å². The number of aryl methyl sites for hydroxylation is 3. The number of allylic oxidation sites excluding steroid dienone is 2. The molecule has 3 aromatic carbocycles. The van der Waals surface area contributed by atoms with Crippen molar-refractivity contribution in [3.05, 3.63) is 76.0 Å². The molecule has 6 rings (SSSR count). The summed E-state index contributed by atoms with van der Waals surface area (Å²) >= 11 is 0. The normalized spacial score (nSPS) is 17.2. The van der Waals surface area contributed by atoms with E-state index in [0.717, 1.165) is 32.1 Å². The second-order valence-electron chi connectivity index (χ2n) is 11.3. The van der Waals surface area contributed by atoms with Gasteiger partial charge in [0.2, 0.25) is 0 Å². The quantitative estimate of drug-likeness (QED) is 0.378. The molecule has 0 unspecified atom stereocenters. The van der Waals surface area contributed by atoms with Crippen LogP contribution in [0.4, 0.5) is 0 Å². The zero-order valence-electron chi connectivity index (χ0n) is 20.1. The van der Waals surface area contributed by atoms with Gasteiger partial charge in [-0.05, 0) is 98.4 Å². The highest BCUT2D eigenvalue weighted by atomic mass is 14.8. The van der Waals surface area contributed by atoms with Crippen LogP contribution in [-0.4, -0.2) is 5.71 Å². The van der Waals surface area contributed by atoms with Gasteiger partial charge in [0.15, 0.2) is 0 Å². The van der Waals surface area contributed by atoms with Gasteiger partial charge >= 0.3 is 0 Å². The van der Waals surface area contributed by atoms with Crippen molar-refractivity contribution in [2.45, 2.75) is 72.1 Å². The van der Waals surface area contributed by atoms with E-state index in [0.29, 0.717) is 5.92 Å². The van der Waals surface area contributed by atoms with Gasteiger partial charge in [0.25, 0.3) is 0 Å². The SMILES string of the molecule is CC(C)C1=NC2=C(C1)c1cc3c(cc1CC2)-c1cc2ccc(C(C)(C)C)cc2cc1CC3. The lowest BCUT2D eigenvalue weighted by atomic mass is 9.78. The van der Waals surface area contributed by atoms with Crippen molar-refractivity contribution in [1.29, 1.82) is 0 Å². The Morgan fingerprint density at radius 3 is 2.12 bits per heavy atom. The molecule has 3 aliphatic rings. The van der Waals surface area contributed by atoms with E-state index >= 15 is 0 Å². The Morgan fingerprint density at radius 1 is 0.719 bits per heavy atom. The fraction of sp³-hybridized carbons (Fsp3) is 0.387. The lowest BCUT2D eigenvalue weighted by molar-refractivity contribution is 0.591. The molecule has 32 heavy (non-hydrogen) atoms. The molecule has 162 valence electrons. The largest absolute Gasteiger partial charge is 0.261 e. The number of benzene rings is 3. The molecule has 1 heterocycles. The molecule has 1 nitrogen and oxygen atoms in total. The Labute approximate surface area is 192 Å². The molecule has 0 amide bonds. The first kappa shape index (κ1) is 20.0. The first-order valence-electron chi connectivity index (χ1n) is 12.3. The molecule has 0 atom stereocenters. The van der Waals surface area contributed by atoms with Crippen molar-refractivity contribution < 1.29 is 0 Å². The standard InChI is InChI=1S/C31H33N/c1-18(2)30-17-28-27-16-21-7-6-20-12-23-13-24(31(3,4)5)10-8-19(23)14-25(20)26(21)15-22(27)9-11-29(28)32-30/h8,10,12-16,18H,6-7,9,11,17H2,1-5H3. The zero-order chi connectivity index (χ0) is 22.2. The van der Waals surface area contributed by atoms with E-state index < -0.39 is 0 Å². The van der Waals surface area contributed by atoms with Gasteiger partial charge in [-0.3, -0.25) is 4.99 Å². The Hall–Kier alpha value is -2.67. The molecule has 3 aromatic rings. The topological polar surface area (TPSA) is 12.4 Å². The van der Waals surface area contributed by atoms with Gasteiger partial charge in [-0.15, -0.1) is 0 Å². The van der Waals surface area contributed by atoms with E-state index in [1.165, 1.54) is 66.7 Å². The maximum Gasteiger partial charge on any atom is 0.0448 e. The summed E-state index contributed by atoms with van der Waals surface area (Å²) in [6, 6.07) is 17.0. The molecule has 0 bridgehead atoms. The first-order chi connectivity index (χ1) is 15.3. The predicted molar refractivity (Wildman–Crippen MR) is 138 cm³/mol. The summed E-state index contributed by atoms with van der Waals surface area (Å²) in [5.74, 6) is 0.542. The molecule has 0 saturated carbocycles. The lowest BCUT2D eigenvalue weighted by Gasteiger charge is -2.26. The van der Waals surface area contributed by atoms with Crippen LogP contribution in [0.2, 0.25) is 0 Å². The minimum absolute atomic E-state index is 0.183. The van der Waals surface area contributed by atoms with Crippen LogP contribution in [0.3, 0.4) is 0 Å². The van der Waals surface area contributed by atoms with Crippen molar-refractivity contribution in [2.24, 2.45) is 10.9 Å². The van der Waals surface area contributed by atoms with Crippen LogP contribution < -0.4 is 0 Å². The van der Waals surface area contributed by atoms with Crippen molar-refractivity contribution in [3.8, 4) is 11.1 Å². The molecule has 1 heteroatoms. The monoisotopic (exact) mass is 419 g/mol. The lowest BCUT2D eigenvalue weighted by Crippen LogP contribution is -2.11. The molecular weight excluding hydrogens is 386 g/mol. The highest BCUT2D eigenvalue weighted by Gasteiger charge is 2.28. The number of hydrogen-bond acceptors (Lipinski definition) is 1. The summed E-state index contributed by atoms with van der Waals surface area (Å²) in [4.78, 5) is 5.01. The van der Waals surface area contributed by atoms with Crippen molar-refractivity contribution in [1.82, 2.24) is 0 Å². The van der Waals surface area contributed by atoms with Crippen LogP contribution in [0, 0.1) is 5.92 Å². The maximum absolute atomic E-state index is 5.01. The Morgan fingerprint density at radius 2 is 1.38 bits per heavy atom. The predicted octanol–water partition coefficient (Wildman–Crippen LogP) is 8.06. The van der Waals surface area contributed by atoms with Crippen LogP contribution in [-0.2, 0) is 24.7 Å². The molecule has 0 aromatic heterocycles. The number of rotatable bonds is 1. The van der Waals surface area contributed by atoms with Gasteiger partial charge in [0.05, 0.1) is 0 Å². The Balaban J connectivity index is 1.44. The van der Waals surface area contributed by atoms with E-state index in [9.17, 15) is 0 Å². The smallest absolute Gasteiger partial charge is 0.0448 e. The van der Waals surface area contributed by atoms with Crippen LogP contribution in [0.15, 0.2) is 53.2 Å². The third-order valence-corrected chi connectivity index (χ3v) is 7.82. The number of fused-ring (bicyclic) bond motifs is 6. The van der Waals surface area contributed by atoms with Gasteiger partial charge in [-0.2, -0.15) is 0 Å². The molecule has 0 spiro atoms. The van der Waals surface area contributed by atoms with Crippen molar-refractivity contribution in [3.63, 3.8) is 0 Å². The van der Waals surface area contributed by atoms with Crippen LogP contribution in [0.25, 0.3) is 27.5 Å². The molecule has 0 saturated heterocycles. The second-order valence-corrected chi connectivity index (χ2v) is 11.3. The third kappa shape index (κ3) is 3.09. The maximum atomic E-state index is 5.01. The Bertz CT molecular complexity index is 1340. The number of nitrogens with zero attached hydrogens (tertiary/aromatic N) is 1. The summed E-state index contributed by atoms with van der Waals surface area (Å²) in [5, 5.41) is 2.75. The molecule has 2 aliphatic carbocycles. The number of hydrogen-bond donors (Lipinski definition) is 0. The fourth-order valence-corrected chi connectivity index (χ4v) is 5.78. The van der Waals surface area contributed by atoms with Crippen LogP contribution in [0.1, 0.15) is 75.3 Å². The van der Waals surface area contributed by atoms with Crippen molar-refractivity contribution >= 4 is 22.1 Å². The Kier molecular flexibility index (Phi) is 4.31. The van der Waals surface area contributed by atoms with E-state index in [4.69, 9.17) is 4.99 Å². The summed E-state index contributed by atoms with van der Waals surface area (Å²) < 4.78 is 0. The third-order valence-electron chi connectivity index (χ3n) is 7.82. The van der Waals surface area contributed by atoms with Gasteiger partial charge in [-0.25, -0.2) is 0 Å². The van der Waals surface area contributed by atoms with Gasteiger partial charge < -0.3 is 0 Å². The summed E-state index contributed by atoms with van der Waals surface area (Å²) in [6.45, 7) is 11.4. The van der Waals surface area contributed by atoms with Gasteiger partial charge in [-0.1, -0.05) is 71.0 Å². The summed E-state index contributed by atoms with van der Waals surface area (Å²) in [5.41, 5.74) is 14.8. The van der Waals surface area contributed by atoms with Crippen LogP contribution in [0.5, 0.6) is 0 Å². The molecule has 0 fully saturated rings. The summed E-state index contributed by atoms with van der Waals surface area (Å²) in [7, 11) is 0. The molecule has 1 aliphatic heterocycles. The average Bonchev–Trinajstić information content (AvgIpc) is 3.21. The minimum atomic E-state index is 0.183. The molecular formula is C31H33N. The highest BCUT2D eigenvalue weighted by Crippen LogP contribution is 2.44. The molecule has 0 N–H and O–H groups in total. The second kappa shape index (κ2) is 6.91. The molecule has 0 radical (unpaired) electrons. The highest BCUT2D eigenvalue weighted by molar-refractivity contribution is 6.02. The minimum Gasteiger partial charge on any atom is -0.261 e. The van der Waals surface area contributed by atoms with E-state index in [1.807, 2.05) is 0 Å². The van der Waals surface area contributed by atoms with Gasteiger partial charge in [0, 0.05) is 17.8 Å². The van der Waals surface area contributed by atoms with Gasteiger partial charge in [0.1, 0.15) is 0 Å². The summed E-state index contributed by atoms with van der Waals surface area (Å²) in [6.07, 6.45) is 5.54. The van der Waals surface area contributed by atoms with Crippen molar-refractivity contribution in [2.75, 3.05) is 0 Å². The zero-order valence-corrected chi connectivity index (χ0v) is 20.1. The average molecular weight is 420 g/mol. The van der Waals surface area contributed by atoms with E-state index in [1.54, 1.807) is 0 Å². The van der Waals surface area contributed by atoms with E-state index in [-0.39, 0.29) is 5.41 Å².